The number of allylic oxidation sites excluding steroid dienone is 1. The zero-order valence-electron chi connectivity index (χ0n) is 18.2. The molecule has 0 aliphatic carbocycles. The average molecular weight is 458 g/mol. The minimum atomic E-state index is -0.203. The lowest BCUT2D eigenvalue weighted by molar-refractivity contribution is -0.117. The standard InChI is InChI=1S/C23H28ClN5O3/c1-15-19(14-17-7-8-18(24)6-3-9-25-21(17)30)28-16(2)20(15)22(31)26-10-4-12-29-13-5-11-27-23(29)32/h3,6-9,14,25,30H,4-5,10-13H2,1-2H3,(H,26,31)(H,27,32)/b8-7?,9-3?,18-6?,19-14-,21-17?. The van der Waals surface area contributed by atoms with Crippen molar-refractivity contribution in [2.45, 2.75) is 26.7 Å². The highest BCUT2D eigenvalue weighted by Gasteiger charge is 2.24. The summed E-state index contributed by atoms with van der Waals surface area (Å²) in [5, 5.41) is 16.6. The van der Waals surface area contributed by atoms with Crippen molar-refractivity contribution in [2.24, 2.45) is 4.99 Å². The molecule has 2 aliphatic rings. The van der Waals surface area contributed by atoms with Gasteiger partial charge in [-0.15, -0.1) is 0 Å². The third-order valence-corrected chi connectivity index (χ3v) is 5.51. The SMILES string of the molecule is CC1=N/C(=C\c2ccc(Cl)ccc[nH]c2O)C(C)=C1C(=O)NCCCN1CCCNC1=O. The quantitative estimate of drug-likeness (QED) is 0.490. The van der Waals surface area contributed by atoms with Crippen LogP contribution < -0.4 is 10.6 Å². The van der Waals surface area contributed by atoms with E-state index >= 15 is 0 Å². The van der Waals surface area contributed by atoms with E-state index in [0.29, 0.717) is 47.1 Å². The predicted octanol–water partition coefficient (Wildman–Crippen LogP) is 3.55. The van der Waals surface area contributed by atoms with Crippen molar-refractivity contribution in [2.75, 3.05) is 26.2 Å². The number of hydrogen-bond acceptors (Lipinski definition) is 4. The molecule has 1 aromatic heterocycles. The maximum atomic E-state index is 12.8. The second-order valence-electron chi connectivity index (χ2n) is 7.60. The van der Waals surface area contributed by atoms with E-state index in [0.717, 1.165) is 25.1 Å². The molecule has 0 unspecified atom stereocenters. The molecule has 0 atom stereocenters. The summed E-state index contributed by atoms with van der Waals surface area (Å²) in [6.45, 7) is 6.13. The Hall–Kier alpha value is -3.26. The van der Waals surface area contributed by atoms with Gasteiger partial charge in [-0.3, -0.25) is 9.79 Å². The maximum absolute atomic E-state index is 12.8. The van der Waals surface area contributed by atoms with Crippen LogP contribution in [0.1, 0.15) is 32.3 Å². The normalized spacial score (nSPS) is 17.2. The fourth-order valence-electron chi connectivity index (χ4n) is 3.57. The van der Waals surface area contributed by atoms with Gasteiger partial charge in [0.1, 0.15) is 0 Å². The third kappa shape index (κ3) is 5.91. The fourth-order valence-corrected chi connectivity index (χ4v) is 3.70. The van der Waals surface area contributed by atoms with Crippen LogP contribution in [0.2, 0.25) is 5.02 Å². The number of carbonyl (C=O) groups is 2. The van der Waals surface area contributed by atoms with Gasteiger partial charge in [-0.05, 0) is 62.6 Å². The van der Waals surface area contributed by atoms with Crippen LogP contribution in [0, 0.1) is 0 Å². The molecular weight excluding hydrogens is 430 g/mol. The van der Waals surface area contributed by atoms with Crippen molar-refractivity contribution in [3.63, 3.8) is 0 Å². The number of urea groups is 1. The van der Waals surface area contributed by atoms with Crippen molar-refractivity contribution in [3.8, 4) is 5.88 Å². The molecule has 0 saturated carbocycles. The van der Waals surface area contributed by atoms with Crippen LogP contribution in [0.15, 0.2) is 52.3 Å². The lowest BCUT2D eigenvalue weighted by Gasteiger charge is -2.27. The first-order valence-corrected chi connectivity index (χ1v) is 10.9. The van der Waals surface area contributed by atoms with Crippen LogP contribution >= 0.6 is 11.6 Å². The first-order chi connectivity index (χ1) is 15.4. The minimum absolute atomic E-state index is 0.0482. The molecule has 9 heteroatoms. The van der Waals surface area contributed by atoms with Gasteiger partial charge < -0.3 is 25.6 Å². The molecule has 8 nitrogen and oxygen atoms in total. The highest BCUT2D eigenvalue weighted by Crippen LogP contribution is 2.28. The summed E-state index contributed by atoms with van der Waals surface area (Å²) in [4.78, 5) is 33.6. The molecular formula is C23H28ClN5O3. The van der Waals surface area contributed by atoms with E-state index < -0.39 is 0 Å². The van der Waals surface area contributed by atoms with Crippen molar-refractivity contribution in [1.29, 1.82) is 0 Å². The van der Waals surface area contributed by atoms with Gasteiger partial charge in [-0.1, -0.05) is 11.6 Å². The van der Waals surface area contributed by atoms with E-state index in [4.69, 9.17) is 11.6 Å². The third-order valence-electron chi connectivity index (χ3n) is 5.25. The molecule has 0 spiro atoms. The zero-order valence-corrected chi connectivity index (χ0v) is 19.0. The summed E-state index contributed by atoms with van der Waals surface area (Å²) in [5.41, 5.74) is 2.93. The highest BCUT2D eigenvalue weighted by atomic mass is 35.5. The number of aromatic amines is 1. The summed E-state index contributed by atoms with van der Waals surface area (Å²) in [5.74, 6) is -0.254. The van der Waals surface area contributed by atoms with Crippen molar-refractivity contribution in [1.82, 2.24) is 20.5 Å². The number of aromatic hydroxyl groups is 1. The summed E-state index contributed by atoms with van der Waals surface area (Å²) in [6.07, 6.45) is 4.88. The van der Waals surface area contributed by atoms with Gasteiger partial charge in [0.25, 0.3) is 5.91 Å². The van der Waals surface area contributed by atoms with Gasteiger partial charge in [-0.25, -0.2) is 4.79 Å². The molecule has 0 bridgehead atoms. The summed E-state index contributed by atoms with van der Waals surface area (Å²) in [7, 11) is 0. The number of hydrogen-bond donors (Lipinski definition) is 4. The number of rotatable bonds is 6. The minimum Gasteiger partial charge on any atom is -0.494 e. The zero-order chi connectivity index (χ0) is 23.1. The molecule has 2 aliphatic heterocycles. The number of halogens is 1. The number of amides is 3. The largest absolute Gasteiger partial charge is 0.494 e. The molecule has 32 heavy (non-hydrogen) atoms. The van der Waals surface area contributed by atoms with Crippen LogP contribution in [-0.4, -0.2) is 58.8 Å². The van der Waals surface area contributed by atoms with Gasteiger partial charge in [-0.2, -0.15) is 0 Å². The summed E-state index contributed by atoms with van der Waals surface area (Å²) >= 11 is 6.09. The van der Waals surface area contributed by atoms with E-state index in [1.54, 1.807) is 48.4 Å². The average Bonchev–Trinajstić information content (AvgIpc) is 3.08. The Balaban J connectivity index is 1.70. The second kappa shape index (κ2) is 10.9. The van der Waals surface area contributed by atoms with E-state index in [1.807, 2.05) is 6.92 Å². The monoisotopic (exact) mass is 457 g/mol. The van der Waals surface area contributed by atoms with Crippen LogP contribution in [0.3, 0.4) is 0 Å². The molecule has 1 saturated heterocycles. The Morgan fingerprint density at radius 2 is 2.16 bits per heavy atom. The van der Waals surface area contributed by atoms with Gasteiger partial charge in [0, 0.05) is 43.0 Å². The molecule has 1 fully saturated rings. The van der Waals surface area contributed by atoms with Gasteiger partial charge in [0.05, 0.1) is 17.0 Å². The van der Waals surface area contributed by atoms with Crippen molar-refractivity contribution >= 4 is 35.3 Å². The summed E-state index contributed by atoms with van der Waals surface area (Å²) in [6, 6.07) is 6.67. The Bertz CT molecular complexity index is 1040. The number of aliphatic imine (C=N–C) groups is 1. The van der Waals surface area contributed by atoms with E-state index in [1.165, 1.54) is 0 Å². The van der Waals surface area contributed by atoms with Gasteiger partial charge in [0.2, 0.25) is 0 Å². The van der Waals surface area contributed by atoms with Gasteiger partial charge in [0.15, 0.2) is 5.88 Å². The van der Waals surface area contributed by atoms with Crippen molar-refractivity contribution in [3.05, 3.63) is 57.9 Å². The molecule has 0 aromatic carbocycles. The smallest absolute Gasteiger partial charge is 0.317 e. The molecule has 4 N–H and O–H groups in total. The van der Waals surface area contributed by atoms with Crippen LogP contribution in [0.5, 0.6) is 5.88 Å². The molecule has 0 radical (unpaired) electrons. The predicted molar refractivity (Wildman–Crippen MR) is 126 cm³/mol. The maximum Gasteiger partial charge on any atom is 0.317 e. The fraction of sp³-hybridized carbons (Fsp3) is 0.348. The lowest BCUT2D eigenvalue weighted by atomic mass is 10.0. The van der Waals surface area contributed by atoms with Crippen LogP contribution in [-0.2, 0) is 4.79 Å². The Morgan fingerprint density at radius 3 is 2.94 bits per heavy atom. The number of carbonyl (C=O) groups excluding carboxylic acids is 2. The molecule has 3 heterocycles. The number of nitrogens with one attached hydrogen (secondary N) is 3. The van der Waals surface area contributed by atoms with E-state index in [2.05, 4.69) is 20.6 Å². The van der Waals surface area contributed by atoms with Crippen molar-refractivity contribution < 1.29 is 14.7 Å². The first-order valence-electron chi connectivity index (χ1n) is 10.6. The Kier molecular flexibility index (Phi) is 7.94. The highest BCUT2D eigenvalue weighted by molar-refractivity contribution is 6.30. The topological polar surface area (TPSA) is 110 Å². The molecule has 3 amide bonds. The molecule has 1 aromatic rings. The summed E-state index contributed by atoms with van der Waals surface area (Å²) < 4.78 is 0. The van der Waals surface area contributed by atoms with E-state index in [9.17, 15) is 14.7 Å². The Labute approximate surface area is 192 Å². The second-order valence-corrected chi connectivity index (χ2v) is 8.04. The Morgan fingerprint density at radius 1 is 1.34 bits per heavy atom. The van der Waals surface area contributed by atoms with Crippen LogP contribution in [0.25, 0.3) is 6.08 Å². The molecule has 170 valence electrons. The van der Waals surface area contributed by atoms with Crippen LogP contribution in [0.4, 0.5) is 4.79 Å². The number of aromatic nitrogens is 1. The number of nitrogens with zero attached hydrogens (tertiary/aromatic N) is 2. The van der Waals surface area contributed by atoms with E-state index in [-0.39, 0.29) is 17.8 Å². The number of H-pyrrole nitrogens is 1. The molecule has 3 rings (SSSR count). The van der Waals surface area contributed by atoms with Gasteiger partial charge >= 0.3 is 6.03 Å². The first kappa shape index (κ1) is 23.4. The lowest BCUT2D eigenvalue weighted by Crippen LogP contribution is -2.47.